The molecule has 1 N–H and O–H groups in total. The lowest BCUT2D eigenvalue weighted by Gasteiger charge is -2.20. The third kappa shape index (κ3) is 7.58. The Morgan fingerprint density at radius 3 is 2.55 bits per heavy atom. The third-order valence-electron chi connectivity index (χ3n) is 3.11. The molecule has 0 saturated carbocycles. The van der Waals surface area contributed by atoms with Crippen molar-refractivity contribution in [3.8, 4) is 0 Å². The normalized spacial score (nSPS) is 12.0. The number of hydrogen-bond donors (Lipinski definition) is 1. The van der Waals surface area contributed by atoms with E-state index in [0.717, 1.165) is 13.0 Å². The van der Waals surface area contributed by atoms with Crippen LogP contribution in [0.3, 0.4) is 0 Å². The molecule has 8 heteroatoms. The van der Waals surface area contributed by atoms with Crippen molar-refractivity contribution in [2.75, 3.05) is 40.0 Å². The van der Waals surface area contributed by atoms with Gasteiger partial charge in [0.25, 0.3) is 0 Å². The molecule has 22 heavy (non-hydrogen) atoms. The fraction of sp³-hybridized carbons (Fsp3) is 0.643. The van der Waals surface area contributed by atoms with E-state index in [1.54, 1.807) is 12.1 Å². The van der Waals surface area contributed by atoms with E-state index in [1.165, 1.54) is 16.8 Å². The Morgan fingerprint density at radius 2 is 2.00 bits per heavy atom. The highest BCUT2D eigenvalue weighted by atomic mass is 32.2. The smallest absolute Gasteiger partial charge is 0.221 e. The molecule has 126 valence electrons. The quantitative estimate of drug-likeness (QED) is 0.675. The number of nitrogens with zero attached hydrogens (tertiary/aromatic N) is 2. The van der Waals surface area contributed by atoms with Gasteiger partial charge in [-0.1, -0.05) is 0 Å². The van der Waals surface area contributed by atoms with Gasteiger partial charge in [-0.2, -0.15) is 0 Å². The fourth-order valence-electron chi connectivity index (χ4n) is 1.92. The maximum absolute atomic E-state index is 11.8. The van der Waals surface area contributed by atoms with Gasteiger partial charge in [-0.15, -0.1) is 0 Å². The van der Waals surface area contributed by atoms with Gasteiger partial charge >= 0.3 is 0 Å². The molecule has 0 bridgehead atoms. The van der Waals surface area contributed by atoms with Crippen LogP contribution in [-0.2, 0) is 21.4 Å². The zero-order chi connectivity index (χ0) is 16.6. The molecule has 0 fully saturated rings. The lowest BCUT2D eigenvalue weighted by molar-refractivity contribution is -0.121. The van der Waals surface area contributed by atoms with E-state index in [4.69, 9.17) is 4.42 Å². The van der Waals surface area contributed by atoms with E-state index in [0.29, 0.717) is 18.8 Å². The maximum atomic E-state index is 11.8. The Bertz CT molecular complexity index is 540. The van der Waals surface area contributed by atoms with Gasteiger partial charge in [0.1, 0.15) is 5.76 Å². The number of carbonyl (C=O) groups excluding carboxylic acids is 1. The number of nitrogens with one attached hydrogen (secondary N) is 1. The lowest BCUT2D eigenvalue weighted by Crippen LogP contribution is -2.36. The van der Waals surface area contributed by atoms with Crippen molar-refractivity contribution in [1.82, 2.24) is 14.5 Å². The van der Waals surface area contributed by atoms with Crippen LogP contribution in [0.2, 0.25) is 0 Å². The van der Waals surface area contributed by atoms with Crippen molar-refractivity contribution in [3.63, 3.8) is 0 Å². The Labute approximate surface area is 132 Å². The van der Waals surface area contributed by atoms with E-state index >= 15 is 0 Å². The van der Waals surface area contributed by atoms with E-state index in [-0.39, 0.29) is 18.9 Å². The summed E-state index contributed by atoms with van der Waals surface area (Å²) in [6, 6.07) is 3.52. The second-order valence-electron chi connectivity index (χ2n) is 5.42. The molecular formula is C14H25N3O4S. The molecule has 0 aromatic carbocycles. The summed E-state index contributed by atoms with van der Waals surface area (Å²) in [4.78, 5) is 13.8. The van der Waals surface area contributed by atoms with Crippen molar-refractivity contribution >= 4 is 15.9 Å². The van der Waals surface area contributed by atoms with Crippen LogP contribution in [0.15, 0.2) is 22.8 Å². The first-order valence-electron chi connectivity index (χ1n) is 7.18. The van der Waals surface area contributed by atoms with Crippen molar-refractivity contribution in [3.05, 3.63) is 24.2 Å². The Hall–Kier alpha value is -1.38. The average molecular weight is 331 g/mol. The molecule has 1 aromatic heterocycles. The van der Waals surface area contributed by atoms with Gasteiger partial charge in [-0.3, -0.25) is 4.79 Å². The third-order valence-corrected chi connectivity index (χ3v) is 4.41. The summed E-state index contributed by atoms with van der Waals surface area (Å²) in [5.74, 6) is 0.469. The van der Waals surface area contributed by atoms with Gasteiger partial charge < -0.3 is 14.6 Å². The molecule has 0 radical (unpaired) electrons. The first kappa shape index (κ1) is 18.7. The maximum Gasteiger partial charge on any atom is 0.221 e. The molecule has 1 amide bonds. The highest BCUT2D eigenvalue weighted by Crippen LogP contribution is 2.03. The van der Waals surface area contributed by atoms with Crippen molar-refractivity contribution in [2.45, 2.75) is 19.4 Å². The number of hydrogen-bond acceptors (Lipinski definition) is 5. The Balaban J connectivity index is 2.37. The first-order valence-corrected chi connectivity index (χ1v) is 9.03. The molecule has 0 aliphatic rings. The van der Waals surface area contributed by atoms with Gasteiger partial charge in [0.15, 0.2) is 0 Å². The molecule has 0 unspecified atom stereocenters. The van der Waals surface area contributed by atoms with Gasteiger partial charge in [0, 0.05) is 19.5 Å². The predicted molar refractivity (Wildman–Crippen MR) is 84.8 cm³/mol. The molecule has 1 heterocycles. The van der Waals surface area contributed by atoms with Crippen LogP contribution in [0.4, 0.5) is 0 Å². The Kier molecular flexibility index (Phi) is 7.57. The number of amides is 1. The summed E-state index contributed by atoms with van der Waals surface area (Å²) in [7, 11) is 0.574. The first-order chi connectivity index (χ1) is 10.3. The number of sulfonamides is 1. The van der Waals surface area contributed by atoms with Crippen LogP contribution < -0.4 is 5.32 Å². The van der Waals surface area contributed by atoms with Crippen LogP contribution in [0.1, 0.15) is 18.6 Å². The summed E-state index contributed by atoms with van der Waals surface area (Å²) >= 11 is 0. The highest BCUT2D eigenvalue weighted by molar-refractivity contribution is 7.88. The van der Waals surface area contributed by atoms with E-state index in [2.05, 4.69) is 5.32 Å². The molecular weight excluding hydrogens is 306 g/mol. The van der Waals surface area contributed by atoms with Gasteiger partial charge in [0.2, 0.25) is 15.9 Å². The zero-order valence-electron chi connectivity index (χ0n) is 13.4. The number of carbonyl (C=O) groups is 1. The average Bonchev–Trinajstić information content (AvgIpc) is 2.91. The van der Waals surface area contributed by atoms with Crippen molar-refractivity contribution in [1.29, 1.82) is 0 Å². The van der Waals surface area contributed by atoms with Gasteiger partial charge in [-0.05, 0) is 39.2 Å². The topological polar surface area (TPSA) is 82.9 Å². The largest absolute Gasteiger partial charge is 0.467 e. The summed E-state index contributed by atoms with van der Waals surface area (Å²) in [6.45, 7) is 1.72. The minimum absolute atomic E-state index is 0.135. The monoisotopic (exact) mass is 331 g/mol. The van der Waals surface area contributed by atoms with Crippen molar-refractivity contribution in [2.24, 2.45) is 0 Å². The van der Waals surface area contributed by atoms with Crippen LogP contribution in [0, 0.1) is 0 Å². The van der Waals surface area contributed by atoms with Crippen LogP contribution in [0.5, 0.6) is 0 Å². The number of furan rings is 1. The Morgan fingerprint density at radius 1 is 1.27 bits per heavy atom. The molecule has 1 aromatic rings. The lowest BCUT2D eigenvalue weighted by atomic mass is 10.3. The minimum Gasteiger partial charge on any atom is -0.467 e. The van der Waals surface area contributed by atoms with Crippen LogP contribution in [0.25, 0.3) is 0 Å². The fourth-order valence-corrected chi connectivity index (χ4v) is 2.80. The molecule has 1 rings (SSSR count). The molecule has 7 nitrogen and oxygen atoms in total. The van der Waals surface area contributed by atoms with E-state index < -0.39 is 10.0 Å². The second kappa shape index (κ2) is 8.92. The predicted octanol–water partition coefficient (Wildman–Crippen LogP) is 0.499. The van der Waals surface area contributed by atoms with Crippen LogP contribution >= 0.6 is 0 Å². The molecule has 0 spiro atoms. The standard InChI is InChI=1S/C14H25N3O4S/c1-16(2)8-5-9-17(22(3,19)20)10-7-14(18)15-12-13-6-4-11-21-13/h4,6,11H,5,7-10,12H2,1-3H3,(H,15,18). The molecule has 0 saturated heterocycles. The highest BCUT2D eigenvalue weighted by Gasteiger charge is 2.17. The zero-order valence-corrected chi connectivity index (χ0v) is 14.2. The van der Waals surface area contributed by atoms with Crippen molar-refractivity contribution < 1.29 is 17.6 Å². The molecule has 0 atom stereocenters. The van der Waals surface area contributed by atoms with Gasteiger partial charge in [0.05, 0.1) is 19.1 Å². The summed E-state index contributed by atoms with van der Waals surface area (Å²) in [5.41, 5.74) is 0. The second-order valence-corrected chi connectivity index (χ2v) is 7.41. The molecule has 0 aliphatic carbocycles. The number of rotatable bonds is 10. The molecule has 0 aliphatic heterocycles. The van der Waals surface area contributed by atoms with E-state index in [1.807, 2.05) is 19.0 Å². The van der Waals surface area contributed by atoms with E-state index in [9.17, 15) is 13.2 Å². The van der Waals surface area contributed by atoms with Crippen LogP contribution in [-0.4, -0.2) is 63.5 Å². The minimum atomic E-state index is -3.30. The van der Waals surface area contributed by atoms with Gasteiger partial charge in [-0.25, -0.2) is 12.7 Å². The SMILES string of the molecule is CN(C)CCCN(CCC(=O)NCc1ccco1)S(C)(=O)=O. The summed E-state index contributed by atoms with van der Waals surface area (Å²) < 4.78 is 29.9. The summed E-state index contributed by atoms with van der Waals surface area (Å²) in [6.07, 6.45) is 3.57. The summed E-state index contributed by atoms with van der Waals surface area (Å²) in [5, 5.41) is 2.70.